The molecule has 4 rings (SSSR count). The lowest BCUT2D eigenvalue weighted by Gasteiger charge is -2.25. The van der Waals surface area contributed by atoms with Gasteiger partial charge in [-0.3, -0.25) is 4.98 Å². The smallest absolute Gasteiger partial charge is 0.238 e. The highest BCUT2D eigenvalue weighted by atomic mass is 32.2. The largest absolute Gasteiger partial charge is 0.479 e. The number of nitrogens with one attached hydrogen (secondary N) is 1. The van der Waals surface area contributed by atoms with E-state index >= 15 is 0 Å². The fraction of sp³-hybridized carbons (Fsp3) is 0.500. The van der Waals surface area contributed by atoms with Gasteiger partial charge in [-0.15, -0.1) is 0 Å². The van der Waals surface area contributed by atoms with Crippen molar-refractivity contribution in [2.45, 2.75) is 42.9 Å². The average molecular weight is 389 g/mol. The normalized spacial score (nSPS) is 17.7. The number of likely N-dealkylation sites (N-methyl/N-ethyl adjacent to an activating group) is 1. The van der Waals surface area contributed by atoms with Crippen LogP contribution < -0.4 is 9.46 Å². The number of ether oxygens (including phenoxy) is 1. The molecule has 0 bridgehead atoms. The van der Waals surface area contributed by atoms with Gasteiger partial charge in [0.05, 0.1) is 12.8 Å². The van der Waals surface area contributed by atoms with E-state index in [0.717, 1.165) is 55.0 Å². The van der Waals surface area contributed by atoms with Crippen molar-refractivity contribution < 1.29 is 9.13 Å². The van der Waals surface area contributed by atoms with E-state index in [0.29, 0.717) is 17.5 Å². The van der Waals surface area contributed by atoms with Gasteiger partial charge in [-0.05, 0) is 56.0 Å². The second-order valence-corrected chi connectivity index (χ2v) is 8.20. The molecular formula is C20H25FN4OS. The van der Waals surface area contributed by atoms with Crippen molar-refractivity contribution in [1.29, 1.82) is 0 Å². The summed E-state index contributed by atoms with van der Waals surface area (Å²) in [6, 6.07) is 3.68. The van der Waals surface area contributed by atoms with Crippen LogP contribution in [0.1, 0.15) is 42.1 Å². The molecule has 3 heterocycles. The van der Waals surface area contributed by atoms with Crippen molar-refractivity contribution in [1.82, 2.24) is 14.9 Å². The number of hydrogen-bond donors (Lipinski definition) is 1. The number of anilines is 1. The molecular weight excluding hydrogens is 363 g/mol. The van der Waals surface area contributed by atoms with E-state index in [4.69, 9.17) is 9.72 Å². The highest BCUT2D eigenvalue weighted by Gasteiger charge is 2.24. The van der Waals surface area contributed by atoms with Crippen LogP contribution in [0, 0.1) is 5.82 Å². The third kappa shape index (κ3) is 4.04. The predicted molar refractivity (Wildman–Crippen MR) is 106 cm³/mol. The van der Waals surface area contributed by atoms with Crippen molar-refractivity contribution in [2.24, 2.45) is 0 Å². The number of nitrogens with zero attached hydrogens (tertiary/aromatic N) is 3. The lowest BCUT2D eigenvalue weighted by atomic mass is 9.82. The molecule has 0 unspecified atom stereocenters. The van der Waals surface area contributed by atoms with E-state index in [2.05, 4.69) is 27.7 Å². The number of pyridine rings is 2. The fourth-order valence-electron chi connectivity index (χ4n) is 3.54. The van der Waals surface area contributed by atoms with Gasteiger partial charge < -0.3 is 14.4 Å². The first kappa shape index (κ1) is 18.5. The number of fused-ring (bicyclic) bond motifs is 1. The molecule has 0 saturated heterocycles. The Bertz CT molecular complexity index is 828. The van der Waals surface area contributed by atoms with Crippen LogP contribution in [0.2, 0.25) is 0 Å². The Labute approximate surface area is 163 Å². The molecule has 2 aliphatic rings. The van der Waals surface area contributed by atoms with Gasteiger partial charge in [-0.2, -0.15) is 0 Å². The van der Waals surface area contributed by atoms with Gasteiger partial charge in [0, 0.05) is 42.2 Å². The minimum absolute atomic E-state index is 0.207. The van der Waals surface area contributed by atoms with Crippen molar-refractivity contribution in [3.05, 3.63) is 41.1 Å². The summed E-state index contributed by atoms with van der Waals surface area (Å²) in [5.74, 6) is 0.663. The van der Waals surface area contributed by atoms with Crippen molar-refractivity contribution in [3.8, 4) is 5.88 Å². The molecule has 144 valence electrons. The van der Waals surface area contributed by atoms with Gasteiger partial charge in [0.25, 0.3) is 0 Å². The zero-order chi connectivity index (χ0) is 18.8. The molecule has 7 heteroatoms. The van der Waals surface area contributed by atoms with Crippen molar-refractivity contribution in [3.63, 3.8) is 0 Å². The number of methoxy groups -OCH3 is 1. The topological polar surface area (TPSA) is 50.3 Å². The number of halogens is 1. The first-order chi connectivity index (χ1) is 13.1. The molecule has 0 spiro atoms. The Hall–Kier alpha value is -1.86. The Balaban J connectivity index is 1.50. The van der Waals surface area contributed by atoms with Crippen LogP contribution in [0.5, 0.6) is 5.88 Å². The standard InChI is InChI=1S/C20H25FN4OS/c1-25-8-6-14-10-18(20(26-2)23-17(14)7-9-25)24-27-15-11-16(21)19(22-12-15)13-4-3-5-13/h10-13,24H,3-9H2,1-2H3. The van der Waals surface area contributed by atoms with Gasteiger partial charge in [0.1, 0.15) is 11.5 Å². The molecule has 2 aromatic rings. The fourth-order valence-corrected chi connectivity index (χ4v) is 4.18. The lowest BCUT2D eigenvalue weighted by molar-refractivity contribution is 0.351. The molecule has 5 nitrogen and oxygen atoms in total. The molecule has 0 amide bonds. The third-order valence-electron chi connectivity index (χ3n) is 5.46. The molecule has 1 N–H and O–H groups in total. The summed E-state index contributed by atoms with van der Waals surface area (Å²) in [5.41, 5.74) is 3.77. The molecule has 1 saturated carbocycles. The van der Waals surface area contributed by atoms with Crippen LogP contribution in [-0.4, -0.2) is 42.1 Å². The van der Waals surface area contributed by atoms with Crippen LogP contribution in [0.25, 0.3) is 0 Å². The van der Waals surface area contributed by atoms with Gasteiger partial charge in [-0.1, -0.05) is 6.42 Å². The summed E-state index contributed by atoms with van der Waals surface area (Å²) in [7, 11) is 3.76. The van der Waals surface area contributed by atoms with E-state index in [1.165, 1.54) is 23.9 Å². The van der Waals surface area contributed by atoms with Crippen molar-refractivity contribution in [2.75, 3.05) is 32.0 Å². The summed E-state index contributed by atoms with van der Waals surface area (Å²) < 4.78 is 23.1. The Morgan fingerprint density at radius 2 is 2.07 bits per heavy atom. The van der Waals surface area contributed by atoms with E-state index in [1.807, 2.05) is 0 Å². The van der Waals surface area contributed by atoms with Crippen LogP contribution >= 0.6 is 11.9 Å². The monoisotopic (exact) mass is 388 g/mol. The third-order valence-corrected chi connectivity index (χ3v) is 6.24. The van der Waals surface area contributed by atoms with E-state index in [-0.39, 0.29) is 5.82 Å². The molecule has 0 atom stereocenters. The minimum atomic E-state index is -0.207. The summed E-state index contributed by atoms with van der Waals surface area (Å²) >= 11 is 1.34. The Kier molecular flexibility index (Phi) is 5.50. The molecule has 27 heavy (non-hydrogen) atoms. The Morgan fingerprint density at radius 3 is 2.78 bits per heavy atom. The highest BCUT2D eigenvalue weighted by Crippen LogP contribution is 2.37. The number of hydrogen-bond acceptors (Lipinski definition) is 6. The quantitative estimate of drug-likeness (QED) is 0.780. The average Bonchev–Trinajstić information content (AvgIpc) is 2.81. The summed E-state index contributed by atoms with van der Waals surface area (Å²) in [6.07, 6.45) is 6.89. The van der Waals surface area contributed by atoms with E-state index < -0.39 is 0 Å². The first-order valence-corrected chi connectivity index (χ1v) is 10.3. The van der Waals surface area contributed by atoms with Crippen LogP contribution in [0.15, 0.2) is 23.2 Å². The Morgan fingerprint density at radius 1 is 1.26 bits per heavy atom. The molecule has 0 aromatic carbocycles. The minimum Gasteiger partial charge on any atom is -0.479 e. The van der Waals surface area contributed by atoms with Crippen LogP contribution in [0.3, 0.4) is 0 Å². The maximum Gasteiger partial charge on any atom is 0.238 e. The lowest BCUT2D eigenvalue weighted by Crippen LogP contribution is -2.20. The summed E-state index contributed by atoms with van der Waals surface area (Å²) in [6.45, 7) is 2.02. The molecule has 2 aromatic heterocycles. The molecule has 0 radical (unpaired) electrons. The zero-order valence-corrected chi connectivity index (χ0v) is 16.6. The van der Waals surface area contributed by atoms with Crippen LogP contribution in [-0.2, 0) is 12.8 Å². The predicted octanol–water partition coefficient (Wildman–Crippen LogP) is 4.04. The van der Waals surface area contributed by atoms with Gasteiger partial charge in [0.2, 0.25) is 5.88 Å². The van der Waals surface area contributed by atoms with Crippen LogP contribution in [0.4, 0.5) is 10.1 Å². The van der Waals surface area contributed by atoms with E-state index in [9.17, 15) is 4.39 Å². The maximum atomic E-state index is 14.4. The van der Waals surface area contributed by atoms with Crippen molar-refractivity contribution >= 4 is 17.6 Å². The SMILES string of the molecule is COc1nc2c(cc1NSc1cnc(C3CCC3)c(F)c1)CCN(C)CC2. The molecule has 1 aliphatic heterocycles. The summed E-state index contributed by atoms with van der Waals surface area (Å²) in [5, 5.41) is 0. The second kappa shape index (κ2) is 8.02. The van der Waals surface area contributed by atoms with E-state index in [1.54, 1.807) is 19.4 Å². The van der Waals surface area contributed by atoms with Gasteiger partial charge >= 0.3 is 0 Å². The van der Waals surface area contributed by atoms with Gasteiger partial charge in [-0.25, -0.2) is 9.37 Å². The highest BCUT2D eigenvalue weighted by molar-refractivity contribution is 8.00. The molecule has 1 aliphatic carbocycles. The first-order valence-electron chi connectivity index (χ1n) is 9.47. The van der Waals surface area contributed by atoms with Gasteiger partial charge in [0.15, 0.2) is 0 Å². The summed E-state index contributed by atoms with van der Waals surface area (Å²) in [4.78, 5) is 12.1. The molecule has 1 fully saturated rings. The maximum absolute atomic E-state index is 14.4. The number of rotatable bonds is 5. The zero-order valence-electron chi connectivity index (χ0n) is 15.8. The number of aromatic nitrogens is 2. The second-order valence-electron chi connectivity index (χ2n) is 7.32.